The third-order valence-electron chi connectivity index (χ3n) is 5.84. The Balaban J connectivity index is 1.40. The van der Waals surface area contributed by atoms with Gasteiger partial charge in [0.25, 0.3) is 0 Å². The number of benzene rings is 3. The van der Waals surface area contributed by atoms with Crippen LogP contribution in [0.1, 0.15) is 41.7 Å². The van der Waals surface area contributed by atoms with Gasteiger partial charge in [0.1, 0.15) is 5.75 Å². The van der Waals surface area contributed by atoms with E-state index >= 15 is 0 Å². The van der Waals surface area contributed by atoms with E-state index < -0.39 is 12.2 Å². The summed E-state index contributed by atoms with van der Waals surface area (Å²) in [5.74, 6) is 0.310. The normalized spacial score (nSPS) is 14.7. The largest absolute Gasteiger partial charge is 0.482 e. The molecule has 0 bridgehead atoms. The van der Waals surface area contributed by atoms with Crippen LogP contribution in [0.3, 0.4) is 0 Å². The molecule has 0 saturated heterocycles. The maximum Gasteiger partial charge on any atom is 0.408 e. The van der Waals surface area contributed by atoms with Crippen LogP contribution in [0.2, 0.25) is 0 Å². The molecule has 176 valence electrons. The number of fused-ring (bicyclic) bond motifs is 1. The van der Waals surface area contributed by atoms with Gasteiger partial charge in [0.15, 0.2) is 12.7 Å². The number of carbonyl (C=O) groups excluding carboxylic acids is 2. The molecule has 4 rings (SSSR count). The molecular formula is C28H29NO5. The van der Waals surface area contributed by atoms with E-state index in [-0.39, 0.29) is 18.6 Å². The average molecular weight is 460 g/mol. The molecule has 0 aliphatic heterocycles. The monoisotopic (exact) mass is 459 g/mol. The second-order valence-corrected chi connectivity index (χ2v) is 8.18. The Morgan fingerprint density at radius 3 is 2.26 bits per heavy atom. The molecule has 6 heteroatoms. The van der Waals surface area contributed by atoms with Crippen molar-refractivity contribution in [3.8, 4) is 5.75 Å². The maximum absolute atomic E-state index is 12.9. The molecule has 0 aromatic heterocycles. The fraction of sp³-hybridized carbons (Fsp3) is 0.286. The van der Waals surface area contributed by atoms with Gasteiger partial charge in [0, 0.05) is 6.04 Å². The first-order chi connectivity index (χ1) is 16.6. The summed E-state index contributed by atoms with van der Waals surface area (Å²) in [6, 6.07) is 25.2. The van der Waals surface area contributed by atoms with E-state index in [2.05, 4.69) is 5.32 Å². The molecule has 1 aliphatic rings. The molecule has 6 nitrogen and oxygen atoms in total. The number of rotatable bonds is 8. The lowest BCUT2D eigenvalue weighted by Crippen LogP contribution is -2.39. The summed E-state index contributed by atoms with van der Waals surface area (Å²) in [7, 11) is 0. The van der Waals surface area contributed by atoms with E-state index in [1.165, 1.54) is 0 Å². The van der Waals surface area contributed by atoms with Crippen LogP contribution >= 0.6 is 0 Å². The lowest BCUT2D eigenvalue weighted by atomic mass is 9.88. The summed E-state index contributed by atoms with van der Waals surface area (Å²) in [5.41, 5.74) is 4.01. The van der Waals surface area contributed by atoms with Crippen molar-refractivity contribution in [3.63, 3.8) is 0 Å². The minimum atomic E-state index is -0.485. The highest BCUT2D eigenvalue weighted by Crippen LogP contribution is 2.30. The average Bonchev–Trinajstić information content (AvgIpc) is 2.87. The van der Waals surface area contributed by atoms with Gasteiger partial charge in [0.2, 0.25) is 0 Å². The fourth-order valence-corrected chi connectivity index (χ4v) is 4.26. The van der Waals surface area contributed by atoms with Gasteiger partial charge < -0.3 is 19.5 Å². The SMILES string of the molecule is CCOC(=O)COc1cccc2c1CCC(NC(=O)OC(c1ccccc1)c1ccccc1)C2. The number of amides is 1. The molecule has 1 N–H and O–H groups in total. The van der Waals surface area contributed by atoms with E-state index in [0.29, 0.717) is 18.8 Å². The van der Waals surface area contributed by atoms with Crippen LogP contribution in [0.4, 0.5) is 4.79 Å². The van der Waals surface area contributed by atoms with Crippen LogP contribution in [0.5, 0.6) is 5.75 Å². The Kier molecular flexibility index (Phi) is 7.81. The Hall–Kier alpha value is -3.80. The minimum Gasteiger partial charge on any atom is -0.482 e. The Morgan fingerprint density at radius 2 is 1.62 bits per heavy atom. The molecule has 0 radical (unpaired) electrons. The summed E-state index contributed by atoms with van der Waals surface area (Å²) < 4.78 is 16.5. The molecule has 0 heterocycles. The van der Waals surface area contributed by atoms with Crippen molar-refractivity contribution in [1.29, 1.82) is 0 Å². The molecule has 3 aromatic rings. The third kappa shape index (κ3) is 5.95. The first kappa shape index (κ1) is 23.4. The second kappa shape index (κ2) is 11.4. The molecule has 0 saturated carbocycles. The zero-order valence-electron chi connectivity index (χ0n) is 19.2. The Labute approximate surface area is 199 Å². The molecule has 1 unspecified atom stereocenters. The zero-order chi connectivity index (χ0) is 23.8. The standard InChI is InChI=1S/C28H29NO5/c1-2-32-26(30)19-33-25-15-9-14-22-18-23(16-17-24(22)25)29-28(31)34-27(20-10-5-3-6-11-20)21-12-7-4-8-13-21/h3-15,23,27H,2,16-19H2,1H3,(H,29,31). The van der Waals surface area contributed by atoms with Gasteiger partial charge >= 0.3 is 12.1 Å². The number of hydrogen-bond donors (Lipinski definition) is 1. The van der Waals surface area contributed by atoms with Crippen LogP contribution in [0.25, 0.3) is 0 Å². The van der Waals surface area contributed by atoms with Crippen molar-refractivity contribution in [2.75, 3.05) is 13.2 Å². The number of carbonyl (C=O) groups is 2. The summed E-state index contributed by atoms with van der Waals surface area (Å²) >= 11 is 0. The highest BCUT2D eigenvalue weighted by Gasteiger charge is 2.25. The number of nitrogens with one attached hydrogen (secondary N) is 1. The van der Waals surface area contributed by atoms with Gasteiger partial charge in [-0.05, 0) is 54.5 Å². The van der Waals surface area contributed by atoms with E-state index in [9.17, 15) is 9.59 Å². The lowest BCUT2D eigenvalue weighted by molar-refractivity contribution is -0.145. The highest BCUT2D eigenvalue weighted by atomic mass is 16.6. The summed E-state index contributed by atoms with van der Waals surface area (Å²) in [4.78, 5) is 24.5. The second-order valence-electron chi connectivity index (χ2n) is 8.18. The lowest BCUT2D eigenvalue weighted by Gasteiger charge is -2.27. The molecule has 1 aliphatic carbocycles. The quantitative estimate of drug-likeness (QED) is 0.480. The van der Waals surface area contributed by atoms with E-state index in [0.717, 1.165) is 35.1 Å². The van der Waals surface area contributed by atoms with Crippen LogP contribution < -0.4 is 10.1 Å². The molecule has 0 spiro atoms. The zero-order valence-corrected chi connectivity index (χ0v) is 19.2. The first-order valence-corrected chi connectivity index (χ1v) is 11.6. The topological polar surface area (TPSA) is 73.9 Å². The summed E-state index contributed by atoms with van der Waals surface area (Å²) in [6.45, 7) is 1.98. The molecular weight excluding hydrogens is 430 g/mol. The van der Waals surface area contributed by atoms with Crippen molar-refractivity contribution >= 4 is 12.1 Å². The van der Waals surface area contributed by atoms with Gasteiger partial charge in [-0.25, -0.2) is 9.59 Å². The van der Waals surface area contributed by atoms with Crippen LogP contribution in [-0.4, -0.2) is 31.3 Å². The van der Waals surface area contributed by atoms with Crippen LogP contribution in [0, 0.1) is 0 Å². The van der Waals surface area contributed by atoms with Crippen molar-refractivity contribution in [3.05, 3.63) is 101 Å². The van der Waals surface area contributed by atoms with E-state index in [1.54, 1.807) is 6.92 Å². The molecule has 1 amide bonds. The molecule has 1 atom stereocenters. The van der Waals surface area contributed by atoms with Crippen molar-refractivity contribution < 1.29 is 23.8 Å². The molecule has 34 heavy (non-hydrogen) atoms. The summed E-state index contributed by atoms with van der Waals surface area (Å²) in [5, 5.41) is 3.04. The van der Waals surface area contributed by atoms with Crippen molar-refractivity contribution in [2.45, 2.75) is 38.3 Å². The van der Waals surface area contributed by atoms with Gasteiger partial charge in [-0.2, -0.15) is 0 Å². The van der Waals surface area contributed by atoms with E-state index in [4.69, 9.17) is 14.2 Å². The Bertz CT molecular complexity index is 1060. The highest BCUT2D eigenvalue weighted by molar-refractivity contribution is 5.71. The van der Waals surface area contributed by atoms with Crippen LogP contribution in [-0.2, 0) is 27.1 Å². The molecule has 0 fully saturated rings. The minimum absolute atomic E-state index is 0.0486. The summed E-state index contributed by atoms with van der Waals surface area (Å²) in [6.07, 6.45) is 1.23. The van der Waals surface area contributed by atoms with Crippen molar-refractivity contribution in [2.24, 2.45) is 0 Å². The number of esters is 1. The van der Waals surface area contributed by atoms with Crippen molar-refractivity contribution in [1.82, 2.24) is 5.32 Å². The Morgan fingerprint density at radius 1 is 0.941 bits per heavy atom. The molecule has 3 aromatic carbocycles. The predicted molar refractivity (Wildman–Crippen MR) is 129 cm³/mol. The van der Waals surface area contributed by atoms with E-state index in [1.807, 2.05) is 78.9 Å². The first-order valence-electron chi connectivity index (χ1n) is 11.6. The van der Waals surface area contributed by atoms with Gasteiger partial charge in [-0.1, -0.05) is 72.8 Å². The third-order valence-corrected chi connectivity index (χ3v) is 5.84. The van der Waals surface area contributed by atoms with Gasteiger partial charge in [-0.3, -0.25) is 0 Å². The fourth-order valence-electron chi connectivity index (χ4n) is 4.26. The predicted octanol–water partition coefficient (Wildman–Crippen LogP) is 5.00. The van der Waals surface area contributed by atoms with Gasteiger partial charge in [-0.15, -0.1) is 0 Å². The number of alkyl carbamates (subject to hydrolysis) is 1. The number of hydrogen-bond acceptors (Lipinski definition) is 5. The van der Waals surface area contributed by atoms with Gasteiger partial charge in [0.05, 0.1) is 6.61 Å². The smallest absolute Gasteiger partial charge is 0.408 e. The maximum atomic E-state index is 12.9. The number of ether oxygens (including phenoxy) is 3. The van der Waals surface area contributed by atoms with Crippen LogP contribution in [0.15, 0.2) is 78.9 Å².